The van der Waals surface area contributed by atoms with Crippen LogP contribution in [0.15, 0.2) is 0 Å². The summed E-state index contributed by atoms with van der Waals surface area (Å²) in [4.78, 5) is 11.0. The van der Waals surface area contributed by atoms with Crippen molar-refractivity contribution in [3.05, 3.63) is 0 Å². The third-order valence-corrected chi connectivity index (χ3v) is 1.77. The van der Waals surface area contributed by atoms with Crippen LogP contribution in [0.5, 0.6) is 0 Å². The molecule has 0 bridgehead atoms. The average molecular weight is 211 g/mol. The zero-order valence-electron chi connectivity index (χ0n) is 8.83. The number of hydrogen-bond donors (Lipinski definition) is 1. The van der Waals surface area contributed by atoms with Gasteiger partial charge in [-0.25, -0.2) is 0 Å². The minimum Gasteiger partial charge on any atom is -0.326 e. The van der Waals surface area contributed by atoms with Gasteiger partial charge in [-0.15, -0.1) is 0 Å². The first kappa shape index (κ1) is 13.4. The van der Waals surface area contributed by atoms with Crippen LogP contribution in [0, 0.1) is 5.41 Å². The van der Waals surface area contributed by atoms with E-state index in [4.69, 9.17) is 5.73 Å². The van der Waals surface area contributed by atoms with E-state index in [1.165, 1.54) is 13.8 Å². The van der Waals surface area contributed by atoms with Gasteiger partial charge in [-0.05, 0) is 20.3 Å². The van der Waals surface area contributed by atoms with Crippen LogP contribution >= 0.6 is 0 Å². The van der Waals surface area contributed by atoms with Crippen molar-refractivity contribution in [2.75, 3.05) is 0 Å². The normalized spacial score (nSPS) is 14.3. The fourth-order valence-electron chi connectivity index (χ4n) is 1.60. The van der Waals surface area contributed by atoms with Crippen LogP contribution in [-0.2, 0) is 4.79 Å². The minimum absolute atomic E-state index is 0.00164. The number of carbonyl (C=O) groups excluding carboxylic acids is 1. The molecule has 0 amide bonds. The van der Waals surface area contributed by atoms with Gasteiger partial charge in [0, 0.05) is 11.0 Å². The second-order valence-corrected chi connectivity index (χ2v) is 4.88. The zero-order valence-corrected chi connectivity index (χ0v) is 8.83. The van der Waals surface area contributed by atoms with Crippen molar-refractivity contribution in [3.63, 3.8) is 0 Å². The van der Waals surface area contributed by atoms with E-state index >= 15 is 0 Å². The van der Waals surface area contributed by atoms with Gasteiger partial charge >= 0.3 is 6.18 Å². The van der Waals surface area contributed by atoms with Crippen LogP contribution in [0.3, 0.4) is 0 Å². The highest BCUT2D eigenvalue weighted by Crippen LogP contribution is 2.34. The van der Waals surface area contributed by atoms with Crippen LogP contribution in [0.4, 0.5) is 13.2 Å². The lowest BCUT2D eigenvalue weighted by Gasteiger charge is -2.31. The molecule has 0 unspecified atom stereocenters. The van der Waals surface area contributed by atoms with Crippen molar-refractivity contribution in [3.8, 4) is 0 Å². The van der Waals surface area contributed by atoms with Crippen LogP contribution < -0.4 is 5.73 Å². The Morgan fingerprint density at radius 2 is 1.50 bits per heavy atom. The Labute approximate surface area is 81.7 Å². The number of carbonyl (C=O) groups is 1. The molecule has 0 spiro atoms. The van der Waals surface area contributed by atoms with Crippen molar-refractivity contribution in [2.45, 2.75) is 45.8 Å². The molecule has 0 aromatic rings. The van der Waals surface area contributed by atoms with Gasteiger partial charge in [0.05, 0.1) is 0 Å². The van der Waals surface area contributed by atoms with Gasteiger partial charge in [-0.3, -0.25) is 4.79 Å². The van der Waals surface area contributed by atoms with Crippen molar-refractivity contribution < 1.29 is 18.0 Å². The highest BCUT2D eigenvalue weighted by atomic mass is 19.4. The largest absolute Gasteiger partial charge is 0.450 e. The van der Waals surface area contributed by atoms with E-state index in [0.717, 1.165) is 0 Å². The number of Topliss-reactive ketones (excluding diaryl/α,β-unsaturated/α-hetero) is 1. The number of nitrogens with two attached hydrogens (primary N) is 1. The Morgan fingerprint density at radius 3 is 1.71 bits per heavy atom. The average Bonchev–Trinajstić information content (AvgIpc) is 1.78. The van der Waals surface area contributed by atoms with Crippen LogP contribution in [0.25, 0.3) is 0 Å². The molecule has 0 aromatic carbocycles. The molecule has 14 heavy (non-hydrogen) atoms. The summed E-state index contributed by atoms with van der Waals surface area (Å²) in [5.41, 5.74) is 3.33. The second kappa shape index (κ2) is 3.53. The number of halogens is 3. The lowest BCUT2D eigenvalue weighted by Crippen LogP contribution is -2.44. The van der Waals surface area contributed by atoms with Crippen molar-refractivity contribution in [1.82, 2.24) is 0 Å². The number of alkyl halides is 3. The van der Waals surface area contributed by atoms with Crippen LogP contribution in [0.1, 0.15) is 34.1 Å². The maximum atomic E-state index is 12.1. The molecule has 84 valence electrons. The van der Waals surface area contributed by atoms with Crippen LogP contribution in [-0.4, -0.2) is 17.5 Å². The first-order valence-electron chi connectivity index (χ1n) is 4.27. The standard InChI is InChI=1S/C9H16F3NO/c1-7(2,5-8(3,4)13)6(14)9(10,11)12/h5,13H2,1-4H3. The fraction of sp³-hybridized carbons (Fsp3) is 0.889. The van der Waals surface area contributed by atoms with E-state index in [1.54, 1.807) is 13.8 Å². The maximum Gasteiger partial charge on any atom is 0.450 e. The quantitative estimate of drug-likeness (QED) is 0.778. The Morgan fingerprint density at radius 1 is 1.14 bits per heavy atom. The molecule has 0 atom stereocenters. The van der Waals surface area contributed by atoms with Crippen molar-refractivity contribution in [2.24, 2.45) is 11.1 Å². The SMILES string of the molecule is CC(C)(N)CC(C)(C)C(=O)C(F)(F)F. The molecule has 0 radical (unpaired) electrons. The molecular formula is C9H16F3NO. The molecule has 5 heteroatoms. The third-order valence-electron chi connectivity index (χ3n) is 1.77. The van der Waals surface area contributed by atoms with Crippen molar-refractivity contribution >= 4 is 5.78 Å². The van der Waals surface area contributed by atoms with Gasteiger partial charge in [-0.2, -0.15) is 13.2 Å². The first-order valence-corrected chi connectivity index (χ1v) is 4.27. The fourth-order valence-corrected chi connectivity index (χ4v) is 1.60. The Kier molecular flexibility index (Phi) is 3.38. The van der Waals surface area contributed by atoms with E-state index in [0.29, 0.717) is 0 Å². The first-order chi connectivity index (χ1) is 5.86. The van der Waals surface area contributed by atoms with Gasteiger partial charge in [0.25, 0.3) is 0 Å². The predicted octanol–water partition coefficient (Wildman–Crippen LogP) is 2.27. The van der Waals surface area contributed by atoms with E-state index in [-0.39, 0.29) is 6.42 Å². The van der Waals surface area contributed by atoms with Crippen LogP contribution in [0.2, 0.25) is 0 Å². The zero-order chi connectivity index (χ0) is 11.8. The molecule has 0 aliphatic carbocycles. The highest BCUT2D eigenvalue weighted by Gasteiger charge is 2.48. The minimum atomic E-state index is -4.78. The van der Waals surface area contributed by atoms with Gasteiger partial charge in [0.15, 0.2) is 0 Å². The number of ketones is 1. The Balaban J connectivity index is 4.72. The number of hydrogen-bond acceptors (Lipinski definition) is 2. The summed E-state index contributed by atoms with van der Waals surface area (Å²) in [5, 5.41) is 0. The summed E-state index contributed by atoms with van der Waals surface area (Å²) in [6.07, 6.45) is -4.78. The molecule has 0 fully saturated rings. The van der Waals surface area contributed by atoms with E-state index in [9.17, 15) is 18.0 Å². The van der Waals surface area contributed by atoms with Gasteiger partial charge in [0.1, 0.15) is 0 Å². The van der Waals surface area contributed by atoms with Gasteiger partial charge in [-0.1, -0.05) is 13.8 Å². The Bertz CT molecular complexity index is 225. The maximum absolute atomic E-state index is 12.1. The third kappa shape index (κ3) is 4.09. The van der Waals surface area contributed by atoms with Gasteiger partial charge in [0.2, 0.25) is 5.78 Å². The molecule has 2 N–H and O–H groups in total. The molecule has 2 nitrogen and oxygen atoms in total. The predicted molar refractivity (Wildman–Crippen MR) is 47.7 cm³/mol. The topological polar surface area (TPSA) is 43.1 Å². The summed E-state index contributed by atoms with van der Waals surface area (Å²) < 4.78 is 36.4. The van der Waals surface area contributed by atoms with E-state index in [1.807, 2.05) is 0 Å². The molecule has 0 heterocycles. The van der Waals surface area contributed by atoms with E-state index < -0.39 is 22.9 Å². The summed E-state index contributed by atoms with van der Waals surface area (Å²) >= 11 is 0. The Hall–Kier alpha value is -0.580. The smallest absolute Gasteiger partial charge is 0.326 e. The van der Waals surface area contributed by atoms with E-state index in [2.05, 4.69) is 0 Å². The molecule has 0 saturated carbocycles. The summed E-state index contributed by atoms with van der Waals surface area (Å²) in [6, 6.07) is 0. The van der Waals surface area contributed by atoms with Gasteiger partial charge < -0.3 is 5.73 Å². The second-order valence-electron chi connectivity index (χ2n) is 4.88. The summed E-state index contributed by atoms with van der Waals surface area (Å²) in [6.45, 7) is 5.71. The van der Waals surface area contributed by atoms with Crippen molar-refractivity contribution in [1.29, 1.82) is 0 Å². The number of rotatable bonds is 3. The molecular weight excluding hydrogens is 195 g/mol. The monoisotopic (exact) mass is 211 g/mol. The molecule has 0 rings (SSSR count). The lowest BCUT2D eigenvalue weighted by molar-refractivity contribution is -0.181. The molecule has 0 aliphatic heterocycles. The molecule has 0 aliphatic rings. The molecule has 0 saturated heterocycles. The lowest BCUT2D eigenvalue weighted by atomic mass is 9.77. The molecule has 0 aromatic heterocycles. The highest BCUT2D eigenvalue weighted by molar-refractivity contribution is 5.89. The summed E-state index contributed by atoms with van der Waals surface area (Å²) in [5.74, 6) is -1.72. The summed E-state index contributed by atoms with van der Waals surface area (Å²) in [7, 11) is 0.